The van der Waals surface area contributed by atoms with Crippen LogP contribution >= 0.6 is 11.6 Å². The smallest absolute Gasteiger partial charge is 0.220 e. The largest absolute Gasteiger partial charge is 0.378 e. The minimum absolute atomic E-state index is 0.0475. The van der Waals surface area contributed by atoms with Crippen LogP contribution in [0.3, 0.4) is 0 Å². The van der Waals surface area contributed by atoms with Crippen LogP contribution in [-0.2, 0) is 9.53 Å². The zero-order chi connectivity index (χ0) is 14.3. The van der Waals surface area contributed by atoms with E-state index >= 15 is 0 Å². The second-order valence-corrected chi connectivity index (χ2v) is 6.87. The molecule has 2 atom stereocenters. The van der Waals surface area contributed by atoms with Crippen molar-refractivity contribution in [1.29, 1.82) is 0 Å². The third-order valence-corrected chi connectivity index (χ3v) is 3.96. The topological polar surface area (TPSA) is 38.3 Å². The predicted molar refractivity (Wildman–Crippen MR) is 79.5 cm³/mol. The molecular weight excluding hydrogens is 262 g/mol. The summed E-state index contributed by atoms with van der Waals surface area (Å²) in [5.74, 6) is 0.702. The summed E-state index contributed by atoms with van der Waals surface area (Å²) in [5.41, 5.74) is 0.0475. The van der Waals surface area contributed by atoms with Crippen LogP contribution in [-0.4, -0.2) is 30.5 Å². The highest BCUT2D eigenvalue weighted by Gasteiger charge is 2.25. The molecule has 0 aromatic heterocycles. The summed E-state index contributed by atoms with van der Waals surface area (Å²) in [6.07, 6.45) is 5.96. The Bertz CT molecular complexity index is 270. The number of ether oxygens (including phenoxy) is 1. The Labute approximate surface area is 122 Å². The lowest BCUT2D eigenvalue weighted by molar-refractivity contribution is -0.123. The van der Waals surface area contributed by atoms with Gasteiger partial charge in [0, 0.05) is 24.9 Å². The molecular formula is C15H28ClNO2. The van der Waals surface area contributed by atoms with Crippen LogP contribution in [0.1, 0.15) is 59.3 Å². The van der Waals surface area contributed by atoms with E-state index in [-0.39, 0.29) is 23.5 Å². The molecule has 1 aliphatic heterocycles. The zero-order valence-corrected chi connectivity index (χ0v) is 13.3. The number of carbonyl (C=O) groups excluding carboxylic acids is 1. The fourth-order valence-corrected chi connectivity index (χ4v) is 2.64. The van der Waals surface area contributed by atoms with Crippen LogP contribution in [0, 0.1) is 5.41 Å². The molecule has 2 unspecified atom stereocenters. The van der Waals surface area contributed by atoms with Gasteiger partial charge in [-0.15, -0.1) is 11.6 Å². The lowest BCUT2D eigenvalue weighted by Crippen LogP contribution is -2.44. The molecule has 0 radical (unpaired) electrons. The molecule has 0 bridgehead atoms. The molecule has 1 rings (SSSR count). The second kappa shape index (κ2) is 8.11. The fraction of sp³-hybridized carbons (Fsp3) is 0.933. The summed E-state index contributed by atoms with van der Waals surface area (Å²) < 4.78 is 5.65. The summed E-state index contributed by atoms with van der Waals surface area (Å²) in [7, 11) is 0. The Morgan fingerprint density at radius 1 is 1.42 bits per heavy atom. The standard InChI is InChI=1S/C15H28ClNO2/c1-15(2,3)13(9-10-16)17-14(18)8-7-12-6-4-5-11-19-12/h12-13H,4-11H2,1-3H3,(H,17,18). The van der Waals surface area contributed by atoms with E-state index in [9.17, 15) is 4.79 Å². The summed E-state index contributed by atoms with van der Waals surface area (Å²) >= 11 is 5.81. The van der Waals surface area contributed by atoms with Gasteiger partial charge in [-0.25, -0.2) is 0 Å². The van der Waals surface area contributed by atoms with Gasteiger partial charge < -0.3 is 10.1 Å². The number of halogens is 1. The number of nitrogens with one attached hydrogen (secondary N) is 1. The molecule has 1 aliphatic rings. The van der Waals surface area contributed by atoms with E-state index in [1.165, 1.54) is 6.42 Å². The first kappa shape index (κ1) is 16.8. The first-order valence-corrected chi connectivity index (χ1v) is 7.94. The number of alkyl halides is 1. The summed E-state index contributed by atoms with van der Waals surface area (Å²) in [6.45, 7) is 7.25. The molecule has 1 saturated heterocycles. The third kappa shape index (κ3) is 6.62. The lowest BCUT2D eigenvalue weighted by atomic mass is 9.85. The zero-order valence-electron chi connectivity index (χ0n) is 12.5. The van der Waals surface area contributed by atoms with Crippen molar-refractivity contribution in [3.63, 3.8) is 0 Å². The Hall–Kier alpha value is -0.280. The van der Waals surface area contributed by atoms with E-state index in [0.29, 0.717) is 12.3 Å². The van der Waals surface area contributed by atoms with Gasteiger partial charge in [-0.05, 0) is 37.5 Å². The number of rotatable bonds is 6. The van der Waals surface area contributed by atoms with Gasteiger partial charge in [0.2, 0.25) is 5.91 Å². The van der Waals surface area contributed by atoms with Gasteiger partial charge in [-0.1, -0.05) is 20.8 Å². The van der Waals surface area contributed by atoms with Crippen molar-refractivity contribution in [3.8, 4) is 0 Å². The van der Waals surface area contributed by atoms with Crippen LogP contribution in [0.4, 0.5) is 0 Å². The van der Waals surface area contributed by atoms with Crippen molar-refractivity contribution in [2.24, 2.45) is 5.41 Å². The van der Waals surface area contributed by atoms with E-state index < -0.39 is 0 Å². The maximum absolute atomic E-state index is 12.0. The Morgan fingerprint density at radius 2 is 2.16 bits per heavy atom. The van der Waals surface area contributed by atoms with Crippen molar-refractivity contribution < 1.29 is 9.53 Å². The molecule has 1 fully saturated rings. The molecule has 1 heterocycles. The molecule has 1 N–H and O–H groups in total. The van der Waals surface area contributed by atoms with E-state index in [2.05, 4.69) is 26.1 Å². The highest BCUT2D eigenvalue weighted by atomic mass is 35.5. The first-order valence-electron chi connectivity index (χ1n) is 7.40. The Morgan fingerprint density at radius 3 is 2.68 bits per heavy atom. The SMILES string of the molecule is CC(C)(C)C(CCCl)NC(=O)CCC1CCCCO1. The van der Waals surface area contributed by atoms with Gasteiger partial charge in [0.15, 0.2) is 0 Å². The molecule has 0 aromatic carbocycles. The van der Waals surface area contributed by atoms with Gasteiger partial charge in [-0.2, -0.15) is 0 Å². The fourth-order valence-electron chi connectivity index (χ4n) is 2.42. The minimum atomic E-state index is 0.0475. The monoisotopic (exact) mass is 289 g/mol. The van der Waals surface area contributed by atoms with Gasteiger partial charge in [0.05, 0.1) is 6.10 Å². The molecule has 3 nitrogen and oxygen atoms in total. The Balaban J connectivity index is 2.31. The molecule has 4 heteroatoms. The van der Waals surface area contributed by atoms with E-state index in [4.69, 9.17) is 16.3 Å². The van der Waals surface area contributed by atoms with E-state index in [1.54, 1.807) is 0 Å². The van der Waals surface area contributed by atoms with Crippen molar-refractivity contribution in [3.05, 3.63) is 0 Å². The number of hydrogen-bond donors (Lipinski definition) is 1. The minimum Gasteiger partial charge on any atom is -0.378 e. The summed E-state index contributed by atoms with van der Waals surface area (Å²) in [4.78, 5) is 12.0. The van der Waals surface area contributed by atoms with Crippen LogP contribution < -0.4 is 5.32 Å². The molecule has 112 valence electrons. The predicted octanol–water partition coefficient (Wildman–Crippen LogP) is 3.50. The molecule has 0 spiro atoms. The quantitative estimate of drug-likeness (QED) is 0.760. The molecule has 0 aromatic rings. The van der Waals surface area contributed by atoms with Crippen LogP contribution in [0.2, 0.25) is 0 Å². The third-order valence-electron chi connectivity index (χ3n) is 3.75. The number of amides is 1. The highest BCUT2D eigenvalue weighted by Crippen LogP contribution is 2.23. The van der Waals surface area contributed by atoms with E-state index in [0.717, 1.165) is 32.3 Å². The number of carbonyl (C=O) groups is 1. The van der Waals surface area contributed by atoms with Crippen molar-refractivity contribution in [2.45, 2.75) is 71.4 Å². The average Bonchev–Trinajstić information content (AvgIpc) is 2.36. The highest BCUT2D eigenvalue weighted by molar-refractivity contribution is 6.17. The summed E-state index contributed by atoms with van der Waals surface area (Å²) in [6, 6.07) is 0.143. The molecule has 0 saturated carbocycles. The molecule has 0 aliphatic carbocycles. The molecule has 19 heavy (non-hydrogen) atoms. The van der Waals surface area contributed by atoms with Gasteiger partial charge in [0.1, 0.15) is 0 Å². The number of hydrogen-bond acceptors (Lipinski definition) is 2. The van der Waals surface area contributed by atoms with E-state index in [1.807, 2.05) is 0 Å². The van der Waals surface area contributed by atoms with Gasteiger partial charge in [-0.3, -0.25) is 4.79 Å². The lowest BCUT2D eigenvalue weighted by Gasteiger charge is -2.31. The van der Waals surface area contributed by atoms with Gasteiger partial charge in [0.25, 0.3) is 0 Å². The van der Waals surface area contributed by atoms with Gasteiger partial charge >= 0.3 is 0 Å². The van der Waals surface area contributed by atoms with Crippen LogP contribution in [0.15, 0.2) is 0 Å². The average molecular weight is 290 g/mol. The normalized spacial score (nSPS) is 22.0. The van der Waals surface area contributed by atoms with Crippen molar-refractivity contribution in [1.82, 2.24) is 5.32 Å². The Kier molecular flexibility index (Phi) is 7.16. The van der Waals surface area contributed by atoms with Crippen molar-refractivity contribution in [2.75, 3.05) is 12.5 Å². The molecule has 1 amide bonds. The first-order chi connectivity index (χ1) is 8.93. The maximum atomic E-state index is 12.0. The van der Waals surface area contributed by atoms with Crippen LogP contribution in [0.25, 0.3) is 0 Å². The van der Waals surface area contributed by atoms with Crippen molar-refractivity contribution >= 4 is 17.5 Å². The maximum Gasteiger partial charge on any atom is 0.220 e. The van der Waals surface area contributed by atoms with Crippen LogP contribution in [0.5, 0.6) is 0 Å². The second-order valence-electron chi connectivity index (χ2n) is 6.49. The summed E-state index contributed by atoms with van der Waals surface area (Å²) in [5, 5.41) is 3.12.